The maximum Gasteiger partial charge on any atom is 0.230 e. The highest BCUT2D eigenvalue weighted by Crippen LogP contribution is 2.30. The van der Waals surface area contributed by atoms with Gasteiger partial charge in [-0.25, -0.2) is 0 Å². The van der Waals surface area contributed by atoms with Gasteiger partial charge in [-0.3, -0.25) is 9.59 Å². The third-order valence-corrected chi connectivity index (χ3v) is 6.42. The van der Waals surface area contributed by atoms with Crippen molar-refractivity contribution in [3.8, 4) is 0 Å². The molecular formula is C19H36N4O2. The molecule has 25 heavy (non-hydrogen) atoms. The zero-order chi connectivity index (χ0) is 18.4. The fraction of sp³-hybridized carbons (Fsp3) is 0.895. The van der Waals surface area contributed by atoms with Crippen molar-refractivity contribution in [2.75, 3.05) is 52.9 Å². The Balaban J connectivity index is 1.81. The molecule has 144 valence electrons. The van der Waals surface area contributed by atoms with E-state index in [2.05, 4.69) is 25.8 Å². The molecule has 6 nitrogen and oxygen atoms in total. The number of rotatable bonds is 6. The fourth-order valence-corrected chi connectivity index (χ4v) is 4.04. The third-order valence-electron chi connectivity index (χ3n) is 6.42. The van der Waals surface area contributed by atoms with Crippen LogP contribution in [0.3, 0.4) is 0 Å². The second-order valence-electron chi connectivity index (χ2n) is 7.82. The summed E-state index contributed by atoms with van der Waals surface area (Å²) in [7, 11) is 2.10. The molecule has 2 aliphatic heterocycles. The predicted octanol–water partition coefficient (Wildman–Crippen LogP) is 1.15. The van der Waals surface area contributed by atoms with E-state index in [0.29, 0.717) is 18.9 Å². The average molecular weight is 353 g/mol. The lowest BCUT2D eigenvalue weighted by Gasteiger charge is -2.39. The number of piperidine rings is 1. The molecule has 0 aromatic heterocycles. The topological polar surface area (TPSA) is 69.9 Å². The summed E-state index contributed by atoms with van der Waals surface area (Å²) in [5.41, 5.74) is 5.52. The van der Waals surface area contributed by atoms with Crippen LogP contribution in [0.15, 0.2) is 0 Å². The number of carbonyl (C=O) groups is 2. The molecule has 0 radical (unpaired) electrons. The molecule has 2 fully saturated rings. The molecule has 2 N–H and O–H groups in total. The minimum absolute atomic E-state index is 0.212. The minimum Gasteiger partial charge on any atom is -0.342 e. The number of nitrogens with zero attached hydrogens (tertiary/aromatic N) is 3. The van der Waals surface area contributed by atoms with E-state index >= 15 is 0 Å². The average Bonchev–Trinajstić information content (AvgIpc) is 2.64. The molecule has 6 heteroatoms. The van der Waals surface area contributed by atoms with Crippen LogP contribution in [0.4, 0.5) is 0 Å². The van der Waals surface area contributed by atoms with Gasteiger partial charge >= 0.3 is 0 Å². The summed E-state index contributed by atoms with van der Waals surface area (Å²) in [5.74, 6) is 0.909. The number of amides is 2. The van der Waals surface area contributed by atoms with Crippen molar-refractivity contribution < 1.29 is 9.59 Å². The summed E-state index contributed by atoms with van der Waals surface area (Å²) in [4.78, 5) is 31.6. The molecule has 2 aliphatic rings. The summed E-state index contributed by atoms with van der Waals surface area (Å²) < 4.78 is 0. The van der Waals surface area contributed by atoms with Gasteiger partial charge in [-0.15, -0.1) is 0 Å². The maximum absolute atomic E-state index is 12.9. The van der Waals surface area contributed by atoms with Crippen molar-refractivity contribution in [3.63, 3.8) is 0 Å². The summed E-state index contributed by atoms with van der Waals surface area (Å²) in [6.45, 7) is 9.67. The van der Waals surface area contributed by atoms with Crippen molar-refractivity contribution in [2.45, 2.75) is 46.0 Å². The van der Waals surface area contributed by atoms with E-state index in [1.807, 2.05) is 9.80 Å². The number of hydrogen-bond donors (Lipinski definition) is 1. The van der Waals surface area contributed by atoms with Crippen molar-refractivity contribution in [1.82, 2.24) is 14.7 Å². The van der Waals surface area contributed by atoms with Gasteiger partial charge in [0.2, 0.25) is 11.8 Å². The number of hydrogen-bond acceptors (Lipinski definition) is 4. The number of carbonyl (C=O) groups excluding carboxylic acids is 2. The SMILES string of the molecule is CCC(CC)(CN)C(=O)N1CCC(CC(=O)N2CCN(C)CC2)CC1. The number of likely N-dealkylation sites (tertiary alicyclic amines) is 1. The third kappa shape index (κ3) is 4.73. The second-order valence-corrected chi connectivity index (χ2v) is 7.82. The lowest BCUT2D eigenvalue weighted by Crippen LogP contribution is -2.51. The first-order valence-corrected chi connectivity index (χ1v) is 9.91. The van der Waals surface area contributed by atoms with Gasteiger partial charge in [0.05, 0.1) is 5.41 Å². The highest BCUT2D eigenvalue weighted by atomic mass is 16.2. The second kappa shape index (κ2) is 8.99. The normalized spacial score (nSPS) is 20.8. The van der Waals surface area contributed by atoms with Crippen LogP contribution in [0.5, 0.6) is 0 Å². The molecule has 0 aliphatic carbocycles. The van der Waals surface area contributed by atoms with Gasteiger partial charge in [0, 0.05) is 52.2 Å². The molecule has 0 atom stereocenters. The minimum atomic E-state index is -0.400. The van der Waals surface area contributed by atoms with E-state index in [0.717, 1.165) is 65.0 Å². The highest BCUT2D eigenvalue weighted by Gasteiger charge is 2.38. The predicted molar refractivity (Wildman–Crippen MR) is 100 cm³/mol. The molecule has 2 amide bonds. The molecule has 0 unspecified atom stereocenters. The molecule has 0 bridgehead atoms. The Kier molecular flexibility index (Phi) is 7.25. The summed E-state index contributed by atoms with van der Waals surface area (Å²) >= 11 is 0. The Morgan fingerprint density at radius 3 is 2.00 bits per heavy atom. The van der Waals surface area contributed by atoms with Crippen LogP contribution in [0.1, 0.15) is 46.0 Å². The van der Waals surface area contributed by atoms with Gasteiger partial charge in [-0.1, -0.05) is 13.8 Å². The molecule has 2 saturated heterocycles. The van der Waals surface area contributed by atoms with E-state index in [4.69, 9.17) is 5.73 Å². The zero-order valence-electron chi connectivity index (χ0n) is 16.3. The molecule has 2 heterocycles. The van der Waals surface area contributed by atoms with Crippen molar-refractivity contribution in [3.05, 3.63) is 0 Å². The highest BCUT2D eigenvalue weighted by molar-refractivity contribution is 5.83. The summed E-state index contributed by atoms with van der Waals surface area (Å²) in [6.07, 6.45) is 4.08. The van der Waals surface area contributed by atoms with Gasteiger partial charge in [-0.05, 0) is 38.6 Å². The Morgan fingerprint density at radius 1 is 0.960 bits per heavy atom. The fourth-order valence-electron chi connectivity index (χ4n) is 4.04. The number of nitrogens with two attached hydrogens (primary N) is 1. The summed E-state index contributed by atoms with van der Waals surface area (Å²) in [5, 5.41) is 0. The van der Waals surface area contributed by atoms with Gasteiger partial charge in [-0.2, -0.15) is 0 Å². The van der Waals surface area contributed by atoms with Crippen LogP contribution in [-0.4, -0.2) is 79.4 Å². The lowest BCUT2D eigenvalue weighted by atomic mass is 9.80. The first-order chi connectivity index (χ1) is 12.0. The molecule has 0 aromatic rings. The molecular weight excluding hydrogens is 316 g/mol. The first-order valence-electron chi connectivity index (χ1n) is 9.91. The van der Waals surface area contributed by atoms with Crippen LogP contribution in [-0.2, 0) is 9.59 Å². The Bertz CT molecular complexity index is 440. The maximum atomic E-state index is 12.9. The van der Waals surface area contributed by atoms with Crippen LogP contribution in [0.25, 0.3) is 0 Å². The largest absolute Gasteiger partial charge is 0.342 e. The molecule has 0 spiro atoms. The van der Waals surface area contributed by atoms with Crippen molar-refractivity contribution in [1.29, 1.82) is 0 Å². The number of piperazine rings is 1. The van der Waals surface area contributed by atoms with Crippen molar-refractivity contribution in [2.24, 2.45) is 17.1 Å². The Morgan fingerprint density at radius 2 is 1.52 bits per heavy atom. The van der Waals surface area contributed by atoms with Crippen LogP contribution < -0.4 is 5.73 Å². The number of likely N-dealkylation sites (N-methyl/N-ethyl adjacent to an activating group) is 1. The van der Waals surface area contributed by atoms with Gasteiger partial charge in [0.25, 0.3) is 0 Å². The van der Waals surface area contributed by atoms with Gasteiger partial charge < -0.3 is 20.4 Å². The van der Waals surface area contributed by atoms with E-state index < -0.39 is 5.41 Å². The quantitative estimate of drug-likeness (QED) is 0.779. The van der Waals surface area contributed by atoms with Crippen LogP contribution in [0.2, 0.25) is 0 Å². The Hall–Kier alpha value is -1.14. The van der Waals surface area contributed by atoms with E-state index in [9.17, 15) is 9.59 Å². The van der Waals surface area contributed by atoms with Crippen molar-refractivity contribution >= 4 is 11.8 Å². The van der Waals surface area contributed by atoms with E-state index in [1.165, 1.54) is 0 Å². The lowest BCUT2D eigenvalue weighted by molar-refractivity contribution is -0.144. The van der Waals surface area contributed by atoms with Gasteiger partial charge in [0.1, 0.15) is 0 Å². The standard InChI is InChI=1S/C19H36N4O2/c1-4-19(5-2,15-20)18(25)23-8-6-16(7-9-23)14-17(24)22-12-10-21(3)11-13-22/h16H,4-15,20H2,1-3H3. The smallest absolute Gasteiger partial charge is 0.230 e. The monoisotopic (exact) mass is 352 g/mol. The molecule has 2 rings (SSSR count). The van der Waals surface area contributed by atoms with Crippen LogP contribution >= 0.6 is 0 Å². The van der Waals surface area contributed by atoms with E-state index in [1.54, 1.807) is 0 Å². The van der Waals surface area contributed by atoms with E-state index in [-0.39, 0.29) is 11.8 Å². The Labute approximate surface area is 152 Å². The zero-order valence-corrected chi connectivity index (χ0v) is 16.3. The molecule has 0 saturated carbocycles. The summed E-state index contributed by atoms with van der Waals surface area (Å²) in [6, 6.07) is 0. The van der Waals surface area contributed by atoms with Crippen LogP contribution in [0, 0.1) is 11.3 Å². The first kappa shape index (κ1) is 20.2. The molecule has 0 aromatic carbocycles. The van der Waals surface area contributed by atoms with Gasteiger partial charge in [0.15, 0.2) is 0 Å².